The number of benzene rings is 1. The molecular weight excluding hydrogens is 232 g/mol. The van der Waals surface area contributed by atoms with Crippen molar-refractivity contribution in [2.24, 2.45) is 5.92 Å². The van der Waals surface area contributed by atoms with Crippen LogP contribution in [0.1, 0.15) is 44.6 Å². The Morgan fingerprint density at radius 2 is 2.00 bits per heavy atom. The molecule has 1 aliphatic heterocycles. The van der Waals surface area contributed by atoms with Crippen molar-refractivity contribution in [3.05, 3.63) is 29.8 Å². The van der Waals surface area contributed by atoms with Crippen LogP contribution in [-0.2, 0) is 5.41 Å². The second-order valence-electron chi connectivity index (χ2n) is 6.58. The molecule has 1 aliphatic carbocycles. The third-order valence-corrected chi connectivity index (χ3v) is 4.97. The van der Waals surface area contributed by atoms with Crippen LogP contribution in [0.2, 0.25) is 0 Å². The first-order valence-corrected chi connectivity index (χ1v) is 7.80. The molecule has 2 nitrogen and oxygen atoms in total. The lowest BCUT2D eigenvalue weighted by Gasteiger charge is -2.24. The fourth-order valence-electron chi connectivity index (χ4n) is 3.65. The highest BCUT2D eigenvalue weighted by Crippen LogP contribution is 2.49. The SMILES string of the molecule is CCCC1CCN(CC2(c3ccc(N)cc3)CC2)C1. The van der Waals surface area contributed by atoms with Gasteiger partial charge < -0.3 is 10.6 Å². The van der Waals surface area contributed by atoms with Crippen LogP contribution in [0.5, 0.6) is 0 Å². The standard InChI is InChI=1S/C17H26N2/c1-2-3-14-8-11-19(12-14)13-17(9-10-17)15-4-6-16(18)7-5-15/h4-7,14H,2-3,8-13,18H2,1H3. The molecule has 104 valence electrons. The first-order chi connectivity index (χ1) is 9.22. The Morgan fingerprint density at radius 1 is 1.26 bits per heavy atom. The van der Waals surface area contributed by atoms with Crippen LogP contribution >= 0.6 is 0 Å². The van der Waals surface area contributed by atoms with Gasteiger partial charge >= 0.3 is 0 Å². The molecule has 0 aromatic heterocycles. The number of nitrogen functional groups attached to an aromatic ring is 1. The van der Waals surface area contributed by atoms with Gasteiger partial charge in [-0.05, 0) is 55.8 Å². The van der Waals surface area contributed by atoms with Gasteiger partial charge in [0.1, 0.15) is 0 Å². The lowest BCUT2D eigenvalue weighted by molar-refractivity contribution is 0.290. The molecule has 1 aromatic carbocycles. The molecule has 0 spiro atoms. The first kappa shape index (κ1) is 13.0. The van der Waals surface area contributed by atoms with Crippen LogP contribution < -0.4 is 5.73 Å². The monoisotopic (exact) mass is 258 g/mol. The number of nitrogens with two attached hydrogens (primary N) is 1. The summed E-state index contributed by atoms with van der Waals surface area (Å²) >= 11 is 0. The molecular formula is C17H26N2. The molecule has 2 N–H and O–H groups in total. The second kappa shape index (κ2) is 5.16. The maximum atomic E-state index is 5.80. The van der Waals surface area contributed by atoms with E-state index in [9.17, 15) is 0 Å². The van der Waals surface area contributed by atoms with Gasteiger partial charge in [-0.2, -0.15) is 0 Å². The van der Waals surface area contributed by atoms with E-state index < -0.39 is 0 Å². The van der Waals surface area contributed by atoms with Crippen molar-refractivity contribution in [1.29, 1.82) is 0 Å². The highest BCUT2D eigenvalue weighted by atomic mass is 15.2. The zero-order valence-electron chi connectivity index (χ0n) is 12.1. The van der Waals surface area contributed by atoms with Crippen LogP contribution in [0.3, 0.4) is 0 Å². The van der Waals surface area contributed by atoms with Crippen LogP contribution in [0, 0.1) is 5.92 Å². The maximum absolute atomic E-state index is 5.80. The van der Waals surface area contributed by atoms with Gasteiger partial charge in [0.25, 0.3) is 0 Å². The van der Waals surface area contributed by atoms with Gasteiger partial charge in [0.2, 0.25) is 0 Å². The van der Waals surface area contributed by atoms with E-state index in [1.165, 1.54) is 57.3 Å². The molecule has 0 radical (unpaired) electrons. The maximum Gasteiger partial charge on any atom is 0.0314 e. The average Bonchev–Trinajstić information content (AvgIpc) is 3.05. The van der Waals surface area contributed by atoms with Crippen molar-refractivity contribution in [3.63, 3.8) is 0 Å². The van der Waals surface area contributed by atoms with Crippen molar-refractivity contribution in [3.8, 4) is 0 Å². The molecule has 2 aliphatic rings. The third kappa shape index (κ3) is 2.79. The van der Waals surface area contributed by atoms with Crippen LogP contribution in [0.15, 0.2) is 24.3 Å². The number of hydrogen-bond acceptors (Lipinski definition) is 2. The summed E-state index contributed by atoms with van der Waals surface area (Å²) in [5.74, 6) is 0.951. The predicted molar refractivity (Wildman–Crippen MR) is 81.2 cm³/mol. The Balaban J connectivity index is 1.62. The Labute approximate surface area is 117 Å². The van der Waals surface area contributed by atoms with Crippen molar-refractivity contribution in [1.82, 2.24) is 4.90 Å². The second-order valence-corrected chi connectivity index (χ2v) is 6.58. The molecule has 1 saturated carbocycles. The summed E-state index contributed by atoms with van der Waals surface area (Å²) in [4.78, 5) is 2.70. The molecule has 1 aromatic rings. The van der Waals surface area contributed by atoms with Crippen molar-refractivity contribution >= 4 is 5.69 Å². The Kier molecular flexibility index (Phi) is 3.53. The van der Waals surface area contributed by atoms with E-state index >= 15 is 0 Å². The van der Waals surface area contributed by atoms with Crippen molar-refractivity contribution in [2.75, 3.05) is 25.4 Å². The molecule has 1 heterocycles. The quantitative estimate of drug-likeness (QED) is 0.820. The average molecular weight is 258 g/mol. The van der Waals surface area contributed by atoms with Crippen LogP contribution in [0.25, 0.3) is 0 Å². The summed E-state index contributed by atoms with van der Waals surface area (Å²) in [5.41, 5.74) is 8.63. The summed E-state index contributed by atoms with van der Waals surface area (Å²) in [6.45, 7) is 6.20. The van der Waals surface area contributed by atoms with E-state index in [2.05, 4.69) is 36.1 Å². The molecule has 1 atom stereocenters. The van der Waals surface area contributed by atoms with Gasteiger partial charge in [-0.3, -0.25) is 0 Å². The van der Waals surface area contributed by atoms with Gasteiger partial charge in [0.15, 0.2) is 0 Å². The fourth-order valence-corrected chi connectivity index (χ4v) is 3.65. The summed E-state index contributed by atoms with van der Waals surface area (Å²) in [6.07, 6.45) is 6.86. The molecule has 1 unspecified atom stereocenters. The van der Waals surface area contributed by atoms with Crippen molar-refractivity contribution in [2.45, 2.75) is 44.4 Å². The fraction of sp³-hybridized carbons (Fsp3) is 0.647. The number of rotatable bonds is 5. The van der Waals surface area contributed by atoms with Gasteiger partial charge in [-0.15, -0.1) is 0 Å². The zero-order chi connectivity index (χ0) is 13.3. The Hall–Kier alpha value is -1.02. The van der Waals surface area contributed by atoms with Crippen LogP contribution in [0.4, 0.5) is 5.69 Å². The molecule has 0 amide bonds. The smallest absolute Gasteiger partial charge is 0.0314 e. The third-order valence-electron chi connectivity index (χ3n) is 4.97. The highest BCUT2D eigenvalue weighted by molar-refractivity contribution is 5.43. The van der Waals surface area contributed by atoms with E-state index in [0.717, 1.165) is 11.6 Å². The number of hydrogen-bond donors (Lipinski definition) is 1. The van der Waals surface area contributed by atoms with Gasteiger partial charge in [-0.25, -0.2) is 0 Å². The topological polar surface area (TPSA) is 29.3 Å². The molecule has 0 bridgehead atoms. The zero-order valence-corrected chi connectivity index (χ0v) is 12.1. The van der Waals surface area contributed by atoms with Gasteiger partial charge in [-0.1, -0.05) is 25.5 Å². The van der Waals surface area contributed by atoms with Crippen molar-refractivity contribution < 1.29 is 0 Å². The minimum absolute atomic E-state index is 0.453. The van der Waals surface area contributed by atoms with E-state index in [1.807, 2.05) is 0 Å². The Bertz CT molecular complexity index is 419. The largest absolute Gasteiger partial charge is 0.399 e. The van der Waals surface area contributed by atoms with E-state index in [4.69, 9.17) is 5.73 Å². The molecule has 3 rings (SSSR count). The summed E-state index contributed by atoms with van der Waals surface area (Å²) in [6, 6.07) is 8.59. The summed E-state index contributed by atoms with van der Waals surface area (Å²) in [7, 11) is 0. The minimum Gasteiger partial charge on any atom is -0.399 e. The van der Waals surface area contributed by atoms with Gasteiger partial charge in [0.05, 0.1) is 0 Å². The lowest BCUT2D eigenvalue weighted by atomic mass is 9.95. The normalized spacial score (nSPS) is 25.6. The Morgan fingerprint density at radius 3 is 2.63 bits per heavy atom. The number of likely N-dealkylation sites (tertiary alicyclic amines) is 1. The predicted octanol–water partition coefficient (Wildman–Crippen LogP) is 3.42. The highest BCUT2D eigenvalue weighted by Gasteiger charge is 2.46. The summed E-state index contributed by atoms with van der Waals surface area (Å²) in [5, 5.41) is 0. The van der Waals surface area contributed by atoms with E-state index in [0.29, 0.717) is 5.41 Å². The van der Waals surface area contributed by atoms with E-state index in [1.54, 1.807) is 0 Å². The lowest BCUT2D eigenvalue weighted by Crippen LogP contribution is -2.30. The number of nitrogens with zero attached hydrogens (tertiary/aromatic N) is 1. The molecule has 1 saturated heterocycles. The molecule has 19 heavy (non-hydrogen) atoms. The molecule has 2 heteroatoms. The number of anilines is 1. The first-order valence-electron chi connectivity index (χ1n) is 7.80. The van der Waals surface area contributed by atoms with Crippen LogP contribution in [-0.4, -0.2) is 24.5 Å². The van der Waals surface area contributed by atoms with E-state index in [-0.39, 0.29) is 0 Å². The molecule has 2 fully saturated rings. The van der Waals surface area contributed by atoms with Gasteiger partial charge in [0, 0.05) is 24.2 Å². The summed E-state index contributed by atoms with van der Waals surface area (Å²) < 4.78 is 0. The minimum atomic E-state index is 0.453.